The van der Waals surface area contributed by atoms with Crippen molar-refractivity contribution in [2.24, 2.45) is 0 Å². The summed E-state index contributed by atoms with van der Waals surface area (Å²) < 4.78 is 13.5. The molecule has 0 saturated carbocycles. The highest BCUT2D eigenvalue weighted by atomic mass is 16.5. The number of morpholine rings is 1. The van der Waals surface area contributed by atoms with Crippen molar-refractivity contribution in [3.63, 3.8) is 0 Å². The minimum absolute atomic E-state index is 0.0142. The zero-order valence-electron chi connectivity index (χ0n) is 19.6. The number of nitrogens with zero attached hydrogens (tertiary/aromatic N) is 6. The van der Waals surface area contributed by atoms with Gasteiger partial charge < -0.3 is 14.4 Å². The standard InChI is InChI=1S/C25H29N7O2/c1-16-6-7-18(14-26-16)19-13-21(31-10-12-33-15-17(31)2)27-25-23(19)28-29-24(25)20-8-9-32(30-20)22-5-3-4-11-34-22/h6-9,13-14,17,22H,3-5,10-12,15H2,1-2H3,(H,28,29)/t17-,22?/m1/s1. The van der Waals surface area contributed by atoms with Crippen LogP contribution in [0.25, 0.3) is 33.5 Å². The number of pyridine rings is 2. The molecule has 0 bridgehead atoms. The van der Waals surface area contributed by atoms with Crippen LogP contribution in [0.5, 0.6) is 0 Å². The van der Waals surface area contributed by atoms with E-state index < -0.39 is 0 Å². The Morgan fingerprint density at radius 1 is 1.15 bits per heavy atom. The Bertz CT molecular complexity index is 1290. The summed E-state index contributed by atoms with van der Waals surface area (Å²) in [6, 6.07) is 8.49. The van der Waals surface area contributed by atoms with Gasteiger partial charge in [0.2, 0.25) is 0 Å². The molecule has 0 amide bonds. The van der Waals surface area contributed by atoms with E-state index >= 15 is 0 Å². The third kappa shape index (κ3) is 3.84. The van der Waals surface area contributed by atoms with Crippen LogP contribution in [0.4, 0.5) is 5.82 Å². The molecule has 4 aromatic heterocycles. The van der Waals surface area contributed by atoms with Crippen molar-refractivity contribution in [2.45, 2.75) is 45.4 Å². The van der Waals surface area contributed by atoms with Gasteiger partial charge in [0.15, 0.2) is 0 Å². The number of hydrogen-bond acceptors (Lipinski definition) is 7. The van der Waals surface area contributed by atoms with Crippen LogP contribution in [0.2, 0.25) is 0 Å². The quantitative estimate of drug-likeness (QED) is 0.491. The molecule has 0 spiro atoms. The van der Waals surface area contributed by atoms with Gasteiger partial charge in [-0.3, -0.25) is 10.1 Å². The molecule has 0 aromatic carbocycles. The molecule has 2 aliphatic rings. The lowest BCUT2D eigenvalue weighted by atomic mass is 10.1. The molecule has 6 heterocycles. The van der Waals surface area contributed by atoms with Gasteiger partial charge in [0, 0.05) is 42.4 Å². The van der Waals surface area contributed by atoms with Crippen molar-refractivity contribution in [3.05, 3.63) is 42.4 Å². The van der Waals surface area contributed by atoms with E-state index in [0.29, 0.717) is 13.2 Å². The third-order valence-electron chi connectivity index (χ3n) is 6.70. The second kappa shape index (κ2) is 8.81. The molecule has 176 valence electrons. The number of H-pyrrole nitrogens is 1. The zero-order chi connectivity index (χ0) is 23.1. The molecular formula is C25H29N7O2. The number of nitrogens with one attached hydrogen (secondary N) is 1. The third-order valence-corrected chi connectivity index (χ3v) is 6.70. The first-order valence-corrected chi connectivity index (χ1v) is 12.0. The van der Waals surface area contributed by atoms with Crippen LogP contribution in [-0.2, 0) is 9.47 Å². The summed E-state index contributed by atoms with van der Waals surface area (Å²) in [6.45, 7) is 7.11. The van der Waals surface area contributed by atoms with Crippen LogP contribution < -0.4 is 4.90 Å². The summed E-state index contributed by atoms with van der Waals surface area (Å²) in [4.78, 5) is 11.9. The fraction of sp³-hybridized carbons (Fsp3) is 0.440. The van der Waals surface area contributed by atoms with Gasteiger partial charge in [-0.15, -0.1) is 0 Å². The first kappa shape index (κ1) is 21.2. The monoisotopic (exact) mass is 459 g/mol. The molecule has 2 aliphatic heterocycles. The maximum Gasteiger partial charge on any atom is 0.150 e. The lowest BCUT2D eigenvalue weighted by molar-refractivity contribution is -0.0393. The van der Waals surface area contributed by atoms with E-state index in [1.165, 1.54) is 0 Å². The van der Waals surface area contributed by atoms with E-state index in [4.69, 9.17) is 19.6 Å². The first-order chi connectivity index (χ1) is 16.7. The number of ether oxygens (including phenoxy) is 2. The second-order valence-corrected chi connectivity index (χ2v) is 9.13. The molecule has 1 N–H and O–H groups in total. The number of aromatic nitrogens is 6. The number of anilines is 1. The van der Waals surface area contributed by atoms with Gasteiger partial charge >= 0.3 is 0 Å². The van der Waals surface area contributed by atoms with Gasteiger partial charge in [-0.05, 0) is 51.3 Å². The molecule has 2 saturated heterocycles. The molecule has 34 heavy (non-hydrogen) atoms. The van der Waals surface area contributed by atoms with Crippen LogP contribution in [0, 0.1) is 6.92 Å². The number of fused-ring (bicyclic) bond motifs is 1. The summed E-state index contributed by atoms with van der Waals surface area (Å²) >= 11 is 0. The Labute approximate surface area is 198 Å². The molecule has 6 rings (SSSR count). The molecule has 1 unspecified atom stereocenters. The summed E-state index contributed by atoms with van der Waals surface area (Å²) in [6.07, 6.45) is 7.11. The van der Waals surface area contributed by atoms with E-state index in [0.717, 1.165) is 77.5 Å². The fourth-order valence-corrected chi connectivity index (χ4v) is 4.79. The lowest BCUT2D eigenvalue weighted by Crippen LogP contribution is -2.44. The molecule has 9 heteroatoms. The van der Waals surface area contributed by atoms with Gasteiger partial charge in [0.25, 0.3) is 0 Å². The van der Waals surface area contributed by atoms with Crippen molar-refractivity contribution >= 4 is 16.9 Å². The van der Waals surface area contributed by atoms with Gasteiger partial charge in [-0.1, -0.05) is 6.07 Å². The van der Waals surface area contributed by atoms with Crippen LogP contribution in [0.1, 0.15) is 38.1 Å². The largest absolute Gasteiger partial charge is 0.377 e. The van der Waals surface area contributed by atoms with Crippen LogP contribution in [0.15, 0.2) is 36.7 Å². The average Bonchev–Trinajstić information content (AvgIpc) is 3.52. The van der Waals surface area contributed by atoms with Gasteiger partial charge in [-0.2, -0.15) is 10.2 Å². The Hall–Kier alpha value is -3.30. The maximum atomic E-state index is 5.91. The highest BCUT2D eigenvalue weighted by Gasteiger charge is 2.25. The summed E-state index contributed by atoms with van der Waals surface area (Å²) in [5.74, 6) is 0.913. The minimum Gasteiger partial charge on any atom is -0.377 e. The van der Waals surface area contributed by atoms with Crippen molar-refractivity contribution in [3.8, 4) is 22.5 Å². The van der Waals surface area contributed by atoms with Crippen LogP contribution >= 0.6 is 0 Å². The molecule has 9 nitrogen and oxygen atoms in total. The van der Waals surface area contributed by atoms with E-state index in [-0.39, 0.29) is 12.3 Å². The van der Waals surface area contributed by atoms with E-state index in [2.05, 4.69) is 39.1 Å². The van der Waals surface area contributed by atoms with Gasteiger partial charge in [-0.25, -0.2) is 9.67 Å². The zero-order valence-corrected chi connectivity index (χ0v) is 19.6. The van der Waals surface area contributed by atoms with E-state index in [1.807, 2.05) is 36.1 Å². The Kier molecular flexibility index (Phi) is 5.50. The Morgan fingerprint density at radius 2 is 2.09 bits per heavy atom. The van der Waals surface area contributed by atoms with E-state index in [1.54, 1.807) is 0 Å². The minimum atomic E-state index is -0.0142. The predicted molar refractivity (Wildman–Crippen MR) is 130 cm³/mol. The first-order valence-electron chi connectivity index (χ1n) is 12.0. The molecule has 0 aliphatic carbocycles. The number of aryl methyl sites for hydroxylation is 1. The Morgan fingerprint density at radius 3 is 2.88 bits per heavy atom. The predicted octanol–water partition coefficient (Wildman–Crippen LogP) is 4.12. The number of rotatable bonds is 4. The SMILES string of the molecule is Cc1ccc(-c2cc(N3CCOC[C@H]3C)nc3c(-c4ccn(C5CCCCO5)n4)n[nH]c23)cn1. The van der Waals surface area contributed by atoms with E-state index in [9.17, 15) is 0 Å². The highest BCUT2D eigenvalue weighted by Crippen LogP contribution is 2.35. The van der Waals surface area contributed by atoms with Crippen molar-refractivity contribution < 1.29 is 9.47 Å². The maximum absolute atomic E-state index is 5.91. The summed E-state index contributed by atoms with van der Waals surface area (Å²) in [5.41, 5.74) is 6.26. The highest BCUT2D eigenvalue weighted by molar-refractivity contribution is 5.99. The smallest absolute Gasteiger partial charge is 0.150 e. The second-order valence-electron chi connectivity index (χ2n) is 9.13. The number of aromatic amines is 1. The fourth-order valence-electron chi connectivity index (χ4n) is 4.79. The summed E-state index contributed by atoms with van der Waals surface area (Å²) in [5, 5.41) is 12.7. The molecular weight excluding hydrogens is 430 g/mol. The molecule has 2 atom stereocenters. The van der Waals surface area contributed by atoms with Crippen LogP contribution in [0.3, 0.4) is 0 Å². The van der Waals surface area contributed by atoms with Gasteiger partial charge in [0.1, 0.15) is 29.0 Å². The number of hydrogen-bond donors (Lipinski definition) is 1. The topological polar surface area (TPSA) is 94.0 Å². The summed E-state index contributed by atoms with van der Waals surface area (Å²) in [7, 11) is 0. The van der Waals surface area contributed by atoms with Crippen LogP contribution in [-0.4, -0.2) is 62.4 Å². The molecule has 2 fully saturated rings. The molecule has 4 aromatic rings. The van der Waals surface area contributed by atoms with Crippen molar-refractivity contribution in [2.75, 3.05) is 31.3 Å². The normalized spacial score (nSPS) is 21.3. The van der Waals surface area contributed by atoms with Gasteiger partial charge in [0.05, 0.1) is 24.8 Å². The molecule has 0 radical (unpaired) electrons. The Balaban J connectivity index is 1.47. The van der Waals surface area contributed by atoms with Crippen molar-refractivity contribution in [1.82, 2.24) is 29.9 Å². The van der Waals surface area contributed by atoms with Crippen molar-refractivity contribution in [1.29, 1.82) is 0 Å². The lowest BCUT2D eigenvalue weighted by Gasteiger charge is -2.34. The average molecular weight is 460 g/mol.